The third kappa shape index (κ3) is 6.10. The van der Waals surface area contributed by atoms with Crippen LogP contribution in [-0.4, -0.2) is 86.1 Å². The summed E-state index contributed by atoms with van der Waals surface area (Å²) >= 11 is 0. The normalized spacial score (nSPS) is 25.6. The van der Waals surface area contributed by atoms with Gasteiger partial charge in [-0.1, -0.05) is 30.2 Å². The van der Waals surface area contributed by atoms with Gasteiger partial charge in [-0.2, -0.15) is 28.2 Å². The zero-order valence-electron chi connectivity index (χ0n) is 31.0. The van der Waals surface area contributed by atoms with E-state index in [1.807, 2.05) is 6.07 Å². The van der Waals surface area contributed by atoms with Gasteiger partial charge in [0.2, 0.25) is 5.88 Å². The van der Waals surface area contributed by atoms with Gasteiger partial charge in [0.1, 0.15) is 36.1 Å². The maximum atomic E-state index is 17.4. The van der Waals surface area contributed by atoms with Crippen LogP contribution >= 0.6 is 0 Å². The van der Waals surface area contributed by atoms with Crippen LogP contribution in [0.4, 0.5) is 27.8 Å². The predicted octanol–water partition coefficient (Wildman–Crippen LogP) is 7.01. The lowest BCUT2D eigenvalue weighted by molar-refractivity contribution is -0.138. The highest BCUT2D eigenvalue weighted by Crippen LogP contribution is 2.45. The topological polar surface area (TPSA) is 101 Å². The number of aromatic nitrogens is 5. The lowest BCUT2D eigenvalue weighted by Crippen LogP contribution is -2.58. The Bertz CT molecular complexity index is 2460. The second-order valence-electron chi connectivity index (χ2n) is 16.0. The fraction of sp³-hybridized carbons (Fsp3) is 0.452. The van der Waals surface area contributed by atoms with Gasteiger partial charge in [0.05, 0.1) is 33.9 Å². The molecule has 4 fully saturated rings. The minimum absolute atomic E-state index is 0.0435. The van der Waals surface area contributed by atoms with Crippen molar-refractivity contribution in [3.05, 3.63) is 71.1 Å². The van der Waals surface area contributed by atoms with Gasteiger partial charge in [-0.25, -0.2) is 13.8 Å². The fourth-order valence-corrected chi connectivity index (χ4v) is 10.2. The minimum atomic E-state index is -4.56. The van der Waals surface area contributed by atoms with Gasteiger partial charge in [-0.05, 0) is 75.8 Å². The van der Waals surface area contributed by atoms with Crippen molar-refractivity contribution in [2.24, 2.45) is 0 Å². The zero-order chi connectivity index (χ0) is 39.1. The Hall–Kier alpha value is -5.20. The van der Waals surface area contributed by atoms with Crippen LogP contribution in [0.1, 0.15) is 68.2 Å². The Labute approximate surface area is 325 Å². The van der Waals surface area contributed by atoms with E-state index in [0.717, 1.165) is 64.0 Å². The molecule has 294 valence electrons. The molecule has 1 N–H and O–H groups in total. The van der Waals surface area contributed by atoms with E-state index in [2.05, 4.69) is 31.2 Å². The summed E-state index contributed by atoms with van der Waals surface area (Å²) in [5, 5.41) is 12.7. The highest BCUT2D eigenvalue weighted by Gasteiger charge is 2.50. The van der Waals surface area contributed by atoms with E-state index >= 15 is 8.78 Å². The highest BCUT2D eigenvalue weighted by molar-refractivity contribution is 6.02. The fourth-order valence-electron chi connectivity index (χ4n) is 10.2. The summed E-state index contributed by atoms with van der Waals surface area (Å²) in [6.45, 7) is 1.84. The number of alkyl halides is 3. The Morgan fingerprint density at radius 2 is 1.88 bits per heavy atom. The molecule has 5 aromatic rings. The van der Waals surface area contributed by atoms with Crippen molar-refractivity contribution in [1.82, 2.24) is 35.4 Å². The third-order valence-electron chi connectivity index (χ3n) is 12.8. The number of hydrogen-bond donors (Lipinski definition) is 1. The number of ether oxygens (including phenoxy) is 2. The molecule has 10 rings (SSSR count). The number of piperazine rings is 1. The first-order chi connectivity index (χ1) is 27.6. The van der Waals surface area contributed by atoms with E-state index in [1.165, 1.54) is 6.07 Å². The number of halogens is 5. The molecule has 5 aliphatic heterocycles. The summed E-state index contributed by atoms with van der Waals surface area (Å²) in [5.74, 6) is 1.68. The van der Waals surface area contributed by atoms with E-state index in [4.69, 9.17) is 30.8 Å². The van der Waals surface area contributed by atoms with Gasteiger partial charge in [0.15, 0.2) is 5.82 Å². The lowest BCUT2D eigenvalue weighted by Gasteiger charge is -2.43. The molecule has 10 nitrogen and oxygen atoms in total. The Morgan fingerprint density at radius 1 is 0.982 bits per heavy atom. The molecule has 2 bridgehead atoms. The van der Waals surface area contributed by atoms with E-state index in [-0.39, 0.29) is 71.6 Å². The average Bonchev–Trinajstić information content (AvgIpc) is 3.90. The maximum Gasteiger partial charge on any atom is 0.418 e. The summed E-state index contributed by atoms with van der Waals surface area (Å²) in [7, 11) is 0. The summed E-state index contributed by atoms with van der Waals surface area (Å²) in [6.07, 6.45) is 9.58. The number of nitrogens with zero attached hydrogens (tertiary/aromatic N) is 7. The van der Waals surface area contributed by atoms with Gasteiger partial charge in [0.25, 0.3) is 0 Å². The van der Waals surface area contributed by atoms with Crippen LogP contribution in [0.2, 0.25) is 0 Å². The molecule has 0 saturated carbocycles. The zero-order valence-corrected chi connectivity index (χ0v) is 31.0. The molecule has 8 heterocycles. The summed E-state index contributed by atoms with van der Waals surface area (Å²) in [6, 6.07) is 9.81. The van der Waals surface area contributed by atoms with Gasteiger partial charge < -0.3 is 19.7 Å². The number of terminal acetylenes is 1. The molecule has 5 aliphatic rings. The largest absolute Gasteiger partial charge is 0.475 e. The first-order valence-electron chi connectivity index (χ1n) is 19.6. The molecular formula is C42H39F5N8O2. The number of pyridine rings is 1. The molecular weight excluding hydrogens is 744 g/mol. The molecule has 0 aliphatic carbocycles. The van der Waals surface area contributed by atoms with Crippen LogP contribution in [0.25, 0.3) is 32.9 Å². The molecule has 0 amide bonds. The first-order valence-corrected chi connectivity index (χ1v) is 19.6. The van der Waals surface area contributed by atoms with Crippen LogP contribution < -0.4 is 19.7 Å². The molecule has 4 saturated heterocycles. The second-order valence-corrected chi connectivity index (χ2v) is 16.0. The molecule has 15 heteroatoms. The van der Waals surface area contributed by atoms with Crippen molar-refractivity contribution >= 4 is 27.5 Å². The molecule has 0 spiro atoms. The van der Waals surface area contributed by atoms with Crippen molar-refractivity contribution in [3.8, 4) is 35.5 Å². The quantitative estimate of drug-likeness (QED) is 0.137. The number of aryl methyl sites for hydroxylation is 1. The molecule has 0 radical (unpaired) electrons. The van der Waals surface area contributed by atoms with Crippen LogP contribution in [0.5, 0.6) is 11.9 Å². The van der Waals surface area contributed by atoms with Crippen LogP contribution in [0, 0.1) is 24.0 Å². The second kappa shape index (κ2) is 13.7. The lowest BCUT2D eigenvalue weighted by atomic mass is 9.93. The van der Waals surface area contributed by atoms with Crippen molar-refractivity contribution in [2.45, 2.75) is 93.7 Å². The van der Waals surface area contributed by atoms with E-state index in [1.54, 1.807) is 18.2 Å². The number of fused-ring (bicyclic) bond motifs is 7. The minimum Gasteiger partial charge on any atom is -0.475 e. The van der Waals surface area contributed by atoms with E-state index in [0.29, 0.717) is 52.4 Å². The van der Waals surface area contributed by atoms with Crippen molar-refractivity contribution < 1.29 is 31.4 Å². The average molecular weight is 783 g/mol. The Balaban J connectivity index is 1.02. The van der Waals surface area contributed by atoms with Crippen molar-refractivity contribution in [3.63, 3.8) is 0 Å². The van der Waals surface area contributed by atoms with Gasteiger partial charge in [0, 0.05) is 47.7 Å². The van der Waals surface area contributed by atoms with E-state index in [9.17, 15) is 13.2 Å². The van der Waals surface area contributed by atoms with Crippen molar-refractivity contribution in [2.75, 3.05) is 31.2 Å². The summed E-state index contributed by atoms with van der Waals surface area (Å²) in [4.78, 5) is 19.5. The number of benzene rings is 2. The number of hydrogen-bond acceptors (Lipinski definition) is 10. The number of nitrogens with one attached hydrogen (secondary N) is 1. The summed E-state index contributed by atoms with van der Waals surface area (Å²) < 4.78 is 84.7. The van der Waals surface area contributed by atoms with Gasteiger partial charge in [-0.3, -0.25) is 4.90 Å². The maximum absolute atomic E-state index is 17.4. The first kappa shape index (κ1) is 36.2. The van der Waals surface area contributed by atoms with Crippen molar-refractivity contribution in [1.29, 1.82) is 0 Å². The number of rotatable bonds is 7. The van der Waals surface area contributed by atoms with Gasteiger partial charge in [-0.15, -0.1) is 11.5 Å². The third-order valence-corrected chi connectivity index (χ3v) is 12.8. The SMILES string of the molecule is C#Cc1c(F)ccc2cccc(-c3nc4c5c(nc(OC[C@@]67CCCN6[C@H](COc6cc(C(F)(F)F)cnn6)CC7)nc5c3F)N3C[C@H]5CC[C@H](N5)[C@H]3CCC4)c12. The number of anilines is 1. The monoisotopic (exact) mass is 782 g/mol. The molecule has 5 atom stereocenters. The van der Waals surface area contributed by atoms with E-state index < -0.39 is 23.4 Å². The molecule has 3 aromatic heterocycles. The smallest absolute Gasteiger partial charge is 0.418 e. The predicted molar refractivity (Wildman–Crippen MR) is 202 cm³/mol. The Kier molecular flexibility index (Phi) is 8.71. The molecule has 2 aromatic carbocycles. The van der Waals surface area contributed by atoms with Gasteiger partial charge >= 0.3 is 12.2 Å². The molecule has 57 heavy (non-hydrogen) atoms. The van der Waals surface area contributed by atoms with Crippen LogP contribution in [0.15, 0.2) is 42.6 Å². The highest BCUT2D eigenvalue weighted by atomic mass is 19.4. The van der Waals surface area contributed by atoms with Crippen LogP contribution in [0.3, 0.4) is 0 Å². The molecule has 0 unspecified atom stereocenters. The Morgan fingerprint density at radius 3 is 2.74 bits per heavy atom. The van der Waals surface area contributed by atoms with Crippen LogP contribution in [-0.2, 0) is 12.6 Å². The summed E-state index contributed by atoms with van der Waals surface area (Å²) in [5.41, 5.74) is -0.0670. The standard InChI is InChI=1S/C42H39F5N8O2/c1-2-27-29(43)12-10-23-6-3-7-28(34(23)27)37-36(44)38-35-31(50-37)8-4-9-32-30-13-11-25(49-30)20-54(32)39(35)52-40(51-38)57-22-41-15-5-17-55(41)26(14-16-41)21-56-33-18-24(19-48-53-33)42(45,46)47/h1,3,6-7,10,12,18-19,25-26,30,32,49H,4-5,8-9,11,13-17,20-22H2/t25-,26+,30+,32-,41+/m1/s1.